The third-order valence-corrected chi connectivity index (χ3v) is 3.94. The SMILES string of the molecule is CN(c1ncc(CNC(C)(C)C)cc1Cl)C1CCC1. The van der Waals surface area contributed by atoms with E-state index < -0.39 is 0 Å². The second kappa shape index (κ2) is 5.68. The summed E-state index contributed by atoms with van der Waals surface area (Å²) < 4.78 is 0. The van der Waals surface area contributed by atoms with Crippen LogP contribution in [0.5, 0.6) is 0 Å². The molecule has 4 heteroatoms. The molecule has 1 aromatic heterocycles. The summed E-state index contributed by atoms with van der Waals surface area (Å²) in [6.45, 7) is 7.26. The number of pyridine rings is 1. The van der Waals surface area contributed by atoms with Crippen LogP contribution in [0.2, 0.25) is 5.02 Å². The van der Waals surface area contributed by atoms with E-state index in [1.807, 2.05) is 12.3 Å². The highest BCUT2D eigenvalue weighted by atomic mass is 35.5. The first-order valence-electron chi connectivity index (χ1n) is 6.99. The Morgan fingerprint density at radius 2 is 2.11 bits per heavy atom. The Labute approximate surface area is 121 Å². The third-order valence-electron chi connectivity index (χ3n) is 3.66. The third kappa shape index (κ3) is 3.83. The largest absolute Gasteiger partial charge is 0.355 e. The molecule has 0 radical (unpaired) electrons. The summed E-state index contributed by atoms with van der Waals surface area (Å²) in [7, 11) is 2.09. The van der Waals surface area contributed by atoms with Crippen LogP contribution in [0, 0.1) is 0 Å². The van der Waals surface area contributed by atoms with Crippen molar-refractivity contribution >= 4 is 17.4 Å². The average molecular weight is 282 g/mol. The molecule has 1 heterocycles. The van der Waals surface area contributed by atoms with E-state index in [1.165, 1.54) is 19.3 Å². The summed E-state index contributed by atoms with van der Waals surface area (Å²) in [6, 6.07) is 2.64. The van der Waals surface area contributed by atoms with Gasteiger partial charge in [0.1, 0.15) is 5.82 Å². The van der Waals surface area contributed by atoms with Crippen LogP contribution >= 0.6 is 11.6 Å². The number of hydrogen-bond acceptors (Lipinski definition) is 3. The van der Waals surface area contributed by atoms with Crippen LogP contribution in [0.3, 0.4) is 0 Å². The molecule has 106 valence electrons. The average Bonchev–Trinajstić information content (AvgIpc) is 2.23. The molecule has 0 saturated heterocycles. The van der Waals surface area contributed by atoms with Gasteiger partial charge < -0.3 is 10.2 Å². The standard InChI is InChI=1S/C15H24ClN3/c1-15(2,3)18-10-11-8-13(16)14(17-9-11)19(4)12-6-5-7-12/h8-9,12,18H,5-7,10H2,1-4H3. The van der Waals surface area contributed by atoms with E-state index in [9.17, 15) is 0 Å². The van der Waals surface area contributed by atoms with Gasteiger partial charge in [-0.2, -0.15) is 0 Å². The Kier molecular flexibility index (Phi) is 4.36. The van der Waals surface area contributed by atoms with Gasteiger partial charge in [0.2, 0.25) is 0 Å². The number of rotatable bonds is 4. The van der Waals surface area contributed by atoms with Crippen molar-refractivity contribution in [1.29, 1.82) is 0 Å². The molecule has 19 heavy (non-hydrogen) atoms. The van der Waals surface area contributed by atoms with E-state index in [0.29, 0.717) is 6.04 Å². The number of nitrogens with zero attached hydrogens (tertiary/aromatic N) is 2. The molecule has 3 nitrogen and oxygen atoms in total. The molecule has 0 unspecified atom stereocenters. The van der Waals surface area contributed by atoms with Crippen molar-refractivity contribution in [2.45, 2.75) is 58.2 Å². The predicted octanol–water partition coefficient (Wildman–Crippen LogP) is 3.61. The van der Waals surface area contributed by atoms with E-state index in [4.69, 9.17) is 11.6 Å². The van der Waals surface area contributed by atoms with E-state index in [2.05, 4.69) is 43.0 Å². The number of anilines is 1. The molecule has 1 aliphatic carbocycles. The lowest BCUT2D eigenvalue weighted by Gasteiger charge is -2.36. The lowest BCUT2D eigenvalue weighted by molar-refractivity contribution is 0.399. The first-order valence-corrected chi connectivity index (χ1v) is 7.37. The zero-order valence-electron chi connectivity index (χ0n) is 12.3. The Morgan fingerprint density at radius 3 is 2.58 bits per heavy atom. The van der Waals surface area contributed by atoms with Crippen LogP contribution < -0.4 is 10.2 Å². The second-order valence-electron chi connectivity index (χ2n) is 6.45. The molecule has 0 bridgehead atoms. The lowest BCUT2D eigenvalue weighted by atomic mass is 9.92. The van der Waals surface area contributed by atoms with Gasteiger partial charge >= 0.3 is 0 Å². The molecule has 0 atom stereocenters. The van der Waals surface area contributed by atoms with E-state index in [0.717, 1.165) is 22.9 Å². The van der Waals surface area contributed by atoms with Crippen LogP contribution in [0.15, 0.2) is 12.3 Å². The van der Waals surface area contributed by atoms with Gasteiger partial charge in [-0.15, -0.1) is 0 Å². The van der Waals surface area contributed by atoms with Gasteiger partial charge in [-0.25, -0.2) is 4.98 Å². The first-order chi connectivity index (χ1) is 8.87. The number of aromatic nitrogens is 1. The Balaban J connectivity index is 2.04. The van der Waals surface area contributed by atoms with E-state index >= 15 is 0 Å². The highest BCUT2D eigenvalue weighted by Crippen LogP contribution is 2.31. The number of nitrogens with one attached hydrogen (secondary N) is 1. The minimum atomic E-state index is 0.105. The van der Waals surface area contributed by atoms with Crippen molar-refractivity contribution in [2.75, 3.05) is 11.9 Å². The zero-order valence-corrected chi connectivity index (χ0v) is 13.1. The molecule has 0 spiro atoms. The minimum absolute atomic E-state index is 0.105. The van der Waals surface area contributed by atoms with Gasteiger partial charge in [-0.05, 0) is 51.7 Å². The molecule has 1 N–H and O–H groups in total. The van der Waals surface area contributed by atoms with Gasteiger partial charge in [0.05, 0.1) is 5.02 Å². The fourth-order valence-corrected chi connectivity index (χ4v) is 2.46. The molecular formula is C15H24ClN3. The highest BCUT2D eigenvalue weighted by molar-refractivity contribution is 6.33. The van der Waals surface area contributed by atoms with Gasteiger partial charge in [0, 0.05) is 31.4 Å². The van der Waals surface area contributed by atoms with Crippen molar-refractivity contribution in [3.05, 3.63) is 22.8 Å². The van der Waals surface area contributed by atoms with Crippen LogP contribution in [-0.2, 0) is 6.54 Å². The quantitative estimate of drug-likeness (QED) is 0.914. The van der Waals surface area contributed by atoms with Crippen LogP contribution in [-0.4, -0.2) is 23.6 Å². The molecular weight excluding hydrogens is 258 g/mol. The van der Waals surface area contributed by atoms with Crippen molar-refractivity contribution in [3.63, 3.8) is 0 Å². The molecule has 2 rings (SSSR count). The summed E-state index contributed by atoms with van der Waals surface area (Å²) in [5, 5.41) is 4.20. The van der Waals surface area contributed by atoms with Crippen LogP contribution in [0.25, 0.3) is 0 Å². The van der Waals surface area contributed by atoms with E-state index in [1.54, 1.807) is 0 Å². The van der Waals surface area contributed by atoms with Gasteiger partial charge in [-0.1, -0.05) is 11.6 Å². The van der Waals surface area contributed by atoms with Gasteiger partial charge in [-0.3, -0.25) is 0 Å². The van der Waals surface area contributed by atoms with Crippen LogP contribution in [0.4, 0.5) is 5.82 Å². The first kappa shape index (κ1) is 14.6. The fraction of sp³-hybridized carbons (Fsp3) is 0.667. The Morgan fingerprint density at radius 1 is 1.42 bits per heavy atom. The lowest BCUT2D eigenvalue weighted by Crippen LogP contribution is -2.38. The summed E-state index contributed by atoms with van der Waals surface area (Å²) in [6.07, 6.45) is 5.75. The van der Waals surface area contributed by atoms with Crippen molar-refractivity contribution < 1.29 is 0 Å². The predicted molar refractivity (Wildman–Crippen MR) is 81.9 cm³/mol. The molecule has 1 aliphatic rings. The van der Waals surface area contributed by atoms with Crippen LogP contribution in [0.1, 0.15) is 45.6 Å². The van der Waals surface area contributed by atoms with Crippen molar-refractivity contribution in [3.8, 4) is 0 Å². The Bertz CT molecular complexity index is 436. The van der Waals surface area contributed by atoms with Crippen molar-refractivity contribution in [1.82, 2.24) is 10.3 Å². The monoisotopic (exact) mass is 281 g/mol. The molecule has 0 amide bonds. The van der Waals surface area contributed by atoms with Gasteiger partial charge in [0.15, 0.2) is 0 Å². The molecule has 1 aromatic rings. The number of hydrogen-bond donors (Lipinski definition) is 1. The summed E-state index contributed by atoms with van der Waals surface area (Å²) in [5.74, 6) is 0.908. The maximum Gasteiger partial charge on any atom is 0.147 e. The maximum atomic E-state index is 6.37. The van der Waals surface area contributed by atoms with E-state index in [-0.39, 0.29) is 5.54 Å². The smallest absolute Gasteiger partial charge is 0.147 e. The zero-order chi connectivity index (χ0) is 14.0. The highest BCUT2D eigenvalue weighted by Gasteiger charge is 2.24. The Hall–Kier alpha value is -0.800. The maximum absolute atomic E-state index is 6.37. The number of halogens is 1. The summed E-state index contributed by atoms with van der Waals surface area (Å²) >= 11 is 6.37. The molecule has 0 aliphatic heterocycles. The molecule has 1 fully saturated rings. The fourth-order valence-electron chi connectivity index (χ4n) is 2.14. The molecule has 0 aromatic carbocycles. The second-order valence-corrected chi connectivity index (χ2v) is 6.86. The van der Waals surface area contributed by atoms with Gasteiger partial charge in [0.25, 0.3) is 0 Å². The topological polar surface area (TPSA) is 28.2 Å². The summed E-state index contributed by atoms with van der Waals surface area (Å²) in [4.78, 5) is 6.75. The summed E-state index contributed by atoms with van der Waals surface area (Å²) in [5.41, 5.74) is 1.24. The van der Waals surface area contributed by atoms with Crippen molar-refractivity contribution in [2.24, 2.45) is 0 Å². The molecule has 1 saturated carbocycles. The minimum Gasteiger partial charge on any atom is -0.355 e. The normalized spacial score (nSPS) is 16.3.